The third-order valence-corrected chi connectivity index (χ3v) is 17.1. The molecule has 0 radical (unpaired) electrons. The van der Waals surface area contributed by atoms with Crippen molar-refractivity contribution < 1.29 is 0 Å². The molecule has 0 N–H and O–H groups in total. The van der Waals surface area contributed by atoms with Crippen molar-refractivity contribution in [1.29, 1.82) is 0 Å². The summed E-state index contributed by atoms with van der Waals surface area (Å²) in [6.45, 7) is 4.77. The number of anilines is 6. The minimum absolute atomic E-state index is 0.189. The van der Waals surface area contributed by atoms with Crippen LogP contribution >= 0.6 is 0 Å². The molecule has 0 aromatic heterocycles. The lowest BCUT2D eigenvalue weighted by Crippen LogP contribution is -2.27. The molecule has 1 unspecified atom stereocenters. The summed E-state index contributed by atoms with van der Waals surface area (Å²) in [6.07, 6.45) is 0. The molecule has 3 aliphatic carbocycles. The lowest BCUT2D eigenvalue weighted by atomic mass is 9.70. The van der Waals surface area contributed by atoms with Gasteiger partial charge in [-0.2, -0.15) is 0 Å². The molecule has 12 aromatic carbocycles. The SMILES string of the molecule is CC1(C)c2ccccc2-c2ccc(N(c3ccccc3)c3cc4c(cc3-c3ccc(-c5ccccc5)cc3)-c3ccccc3C43c4ccccc4-c4cc(-c5ccccc5)c(N(c5ccccc5)c5ccccc5)cc43)cc21. The maximum atomic E-state index is 2.58. The number of benzene rings is 12. The molecule has 2 heteroatoms. The van der Waals surface area contributed by atoms with Crippen LogP contribution in [0.2, 0.25) is 0 Å². The van der Waals surface area contributed by atoms with Crippen LogP contribution in [-0.4, -0.2) is 0 Å². The van der Waals surface area contributed by atoms with Gasteiger partial charge >= 0.3 is 0 Å². The van der Waals surface area contributed by atoms with Crippen LogP contribution < -0.4 is 9.80 Å². The van der Waals surface area contributed by atoms with Gasteiger partial charge in [0.05, 0.1) is 16.8 Å². The normalized spacial score (nSPS) is 14.7. The summed E-state index contributed by atoms with van der Waals surface area (Å²) in [5.41, 5.74) is 28.3. The second kappa shape index (κ2) is 17.9. The molecule has 0 aliphatic heterocycles. The second-order valence-corrected chi connectivity index (χ2v) is 21.6. The Balaban J connectivity index is 1.04. The van der Waals surface area contributed by atoms with Crippen molar-refractivity contribution in [2.45, 2.75) is 24.7 Å². The quantitative estimate of drug-likeness (QED) is 0.142. The molecular formula is C76H54N2. The van der Waals surface area contributed by atoms with Crippen molar-refractivity contribution in [2.24, 2.45) is 0 Å². The van der Waals surface area contributed by atoms with Gasteiger partial charge < -0.3 is 9.80 Å². The van der Waals surface area contributed by atoms with Crippen LogP contribution in [0.3, 0.4) is 0 Å². The zero-order valence-electron chi connectivity index (χ0n) is 43.6. The first-order valence-electron chi connectivity index (χ1n) is 27.2. The van der Waals surface area contributed by atoms with Crippen molar-refractivity contribution in [3.8, 4) is 66.8 Å². The van der Waals surface area contributed by atoms with E-state index >= 15 is 0 Å². The van der Waals surface area contributed by atoms with Gasteiger partial charge in [0.1, 0.15) is 0 Å². The Hall–Kier alpha value is -9.76. The zero-order chi connectivity index (χ0) is 52.0. The van der Waals surface area contributed by atoms with E-state index in [-0.39, 0.29) is 5.41 Å². The van der Waals surface area contributed by atoms with Crippen LogP contribution in [-0.2, 0) is 10.8 Å². The smallest absolute Gasteiger partial charge is 0.0727 e. The van der Waals surface area contributed by atoms with Gasteiger partial charge in [0.2, 0.25) is 0 Å². The first-order chi connectivity index (χ1) is 38.5. The molecule has 0 saturated carbocycles. The van der Waals surface area contributed by atoms with E-state index in [2.05, 4.69) is 315 Å². The molecule has 0 fully saturated rings. The fourth-order valence-electron chi connectivity index (χ4n) is 13.5. The topological polar surface area (TPSA) is 6.48 Å². The van der Waals surface area contributed by atoms with Gasteiger partial charge in [0.25, 0.3) is 0 Å². The van der Waals surface area contributed by atoms with E-state index in [0.717, 1.165) is 45.3 Å². The summed E-state index contributed by atoms with van der Waals surface area (Å²) in [4.78, 5) is 4.99. The predicted octanol–water partition coefficient (Wildman–Crippen LogP) is 20.3. The second-order valence-electron chi connectivity index (χ2n) is 21.6. The van der Waals surface area contributed by atoms with Crippen molar-refractivity contribution >= 4 is 34.1 Å². The number of fused-ring (bicyclic) bond motifs is 13. The average Bonchev–Trinajstić information content (AvgIpc) is 3.44. The van der Waals surface area contributed by atoms with Gasteiger partial charge in [-0.25, -0.2) is 0 Å². The first kappa shape index (κ1) is 45.6. The minimum atomic E-state index is -0.685. The Labute approximate surface area is 457 Å². The molecule has 0 heterocycles. The summed E-state index contributed by atoms with van der Waals surface area (Å²) in [6, 6.07) is 108. The molecule has 1 spiro atoms. The predicted molar refractivity (Wildman–Crippen MR) is 326 cm³/mol. The molecule has 0 amide bonds. The van der Waals surface area contributed by atoms with E-state index in [4.69, 9.17) is 0 Å². The maximum absolute atomic E-state index is 2.58. The molecule has 0 saturated heterocycles. The molecule has 1 atom stereocenters. The van der Waals surface area contributed by atoms with E-state index in [1.807, 2.05) is 0 Å². The lowest BCUT2D eigenvalue weighted by Gasteiger charge is -2.35. The Morgan fingerprint density at radius 1 is 0.218 bits per heavy atom. The average molecular weight is 995 g/mol. The van der Waals surface area contributed by atoms with Gasteiger partial charge in [-0.05, 0) is 162 Å². The van der Waals surface area contributed by atoms with E-state index < -0.39 is 5.41 Å². The van der Waals surface area contributed by atoms with Crippen LogP contribution in [0, 0.1) is 0 Å². The van der Waals surface area contributed by atoms with Crippen molar-refractivity contribution in [3.63, 3.8) is 0 Å². The number of hydrogen-bond acceptors (Lipinski definition) is 2. The van der Waals surface area contributed by atoms with Gasteiger partial charge in [0.15, 0.2) is 0 Å². The monoisotopic (exact) mass is 994 g/mol. The summed E-state index contributed by atoms with van der Waals surface area (Å²) >= 11 is 0. The highest BCUT2D eigenvalue weighted by molar-refractivity contribution is 6.03. The third kappa shape index (κ3) is 6.89. The van der Waals surface area contributed by atoms with Gasteiger partial charge in [-0.3, -0.25) is 0 Å². The van der Waals surface area contributed by atoms with Crippen LogP contribution in [0.15, 0.2) is 291 Å². The van der Waals surface area contributed by atoms with Gasteiger partial charge in [-0.1, -0.05) is 232 Å². The fraction of sp³-hybridized carbons (Fsp3) is 0.0526. The zero-order valence-corrected chi connectivity index (χ0v) is 43.6. The third-order valence-electron chi connectivity index (χ3n) is 17.1. The van der Waals surface area contributed by atoms with Crippen molar-refractivity contribution in [2.75, 3.05) is 9.80 Å². The van der Waals surface area contributed by atoms with Gasteiger partial charge in [-0.15, -0.1) is 0 Å². The van der Waals surface area contributed by atoms with Crippen LogP contribution in [0.25, 0.3) is 66.8 Å². The molecule has 15 rings (SSSR count). The van der Waals surface area contributed by atoms with Crippen LogP contribution in [0.5, 0.6) is 0 Å². The molecule has 0 bridgehead atoms. The molecule has 2 nitrogen and oxygen atoms in total. The highest BCUT2D eigenvalue weighted by Gasteiger charge is 2.53. The number of para-hydroxylation sites is 3. The van der Waals surface area contributed by atoms with Crippen molar-refractivity contribution in [1.82, 2.24) is 0 Å². The molecule has 368 valence electrons. The summed E-state index contributed by atoms with van der Waals surface area (Å²) < 4.78 is 0. The summed E-state index contributed by atoms with van der Waals surface area (Å²) in [5.74, 6) is 0. The molecule has 3 aliphatic rings. The van der Waals surface area contributed by atoms with E-state index in [9.17, 15) is 0 Å². The highest BCUT2D eigenvalue weighted by atomic mass is 15.2. The summed E-state index contributed by atoms with van der Waals surface area (Å²) in [5, 5.41) is 0. The Bertz CT molecular complexity index is 4220. The fourth-order valence-corrected chi connectivity index (χ4v) is 13.5. The van der Waals surface area contributed by atoms with Crippen LogP contribution in [0.4, 0.5) is 34.1 Å². The van der Waals surface area contributed by atoms with E-state index in [0.29, 0.717) is 0 Å². The number of nitrogens with zero attached hydrogens (tertiary/aromatic N) is 2. The minimum Gasteiger partial charge on any atom is -0.310 e. The van der Waals surface area contributed by atoms with E-state index in [1.54, 1.807) is 0 Å². The standard InChI is InChI=1S/C76H54N2/c1-75(2)67-37-21-18-34-59(67)62-45-44-58(46-70(62)75)78(57-32-16-7-17-33-57)74-50-72-66(48-64(74)54-42-40-52(41-43-54)51-24-8-3-9-25-51)61-36-20-23-39-69(61)76(72)68-38-22-19-35-60(68)65-47-63(53-26-10-4-11-27-53)73(49-71(65)76)77(55-28-12-5-13-29-55)56-30-14-6-15-31-56/h3-50H,1-2H3. The highest BCUT2D eigenvalue weighted by Crippen LogP contribution is 2.66. The number of rotatable bonds is 9. The summed E-state index contributed by atoms with van der Waals surface area (Å²) in [7, 11) is 0. The van der Waals surface area contributed by atoms with E-state index in [1.165, 1.54) is 89.0 Å². The largest absolute Gasteiger partial charge is 0.310 e. The molecule has 12 aromatic rings. The molecule has 78 heavy (non-hydrogen) atoms. The Morgan fingerprint density at radius 3 is 1.05 bits per heavy atom. The molecular weight excluding hydrogens is 941 g/mol. The van der Waals surface area contributed by atoms with Gasteiger partial charge in [0, 0.05) is 39.3 Å². The Kier molecular flexibility index (Phi) is 10.5. The first-order valence-corrected chi connectivity index (χ1v) is 27.2. The van der Waals surface area contributed by atoms with Crippen LogP contribution in [0.1, 0.15) is 47.2 Å². The van der Waals surface area contributed by atoms with Crippen molar-refractivity contribution in [3.05, 3.63) is 325 Å². The number of hydrogen-bond donors (Lipinski definition) is 0. The maximum Gasteiger partial charge on any atom is 0.0727 e. The Morgan fingerprint density at radius 2 is 0.564 bits per heavy atom. The lowest BCUT2D eigenvalue weighted by molar-refractivity contribution is 0.660.